The van der Waals surface area contributed by atoms with Crippen molar-refractivity contribution in [3.63, 3.8) is 0 Å². The second-order valence-electron chi connectivity index (χ2n) is 8.70. The summed E-state index contributed by atoms with van der Waals surface area (Å²) >= 11 is 5.93. The Balaban J connectivity index is 1.48. The van der Waals surface area contributed by atoms with Gasteiger partial charge in [-0.2, -0.15) is 0 Å². The summed E-state index contributed by atoms with van der Waals surface area (Å²) in [7, 11) is 1.59. The van der Waals surface area contributed by atoms with Gasteiger partial charge in [0.2, 0.25) is 17.7 Å². The number of carbonyl (C=O) groups is 3. The zero-order valence-corrected chi connectivity index (χ0v) is 20.0. The van der Waals surface area contributed by atoms with Crippen molar-refractivity contribution in [2.45, 2.75) is 24.7 Å². The summed E-state index contributed by atoms with van der Waals surface area (Å²) in [5, 5.41) is 0.579. The third-order valence-corrected chi connectivity index (χ3v) is 6.81. The lowest BCUT2D eigenvalue weighted by Gasteiger charge is -2.37. The van der Waals surface area contributed by atoms with E-state index in [-0.39, 0.29) is 30.6 Å². The number of benzene rings is 1. The number of rotatable bonds is 8. The molecule has 0 aliphatic carbocycles. The molecular formula is C25H29ClN4O4. The number of methoxy groups -OCH3 is 1. The third-order valence-electron chi connectivity index (χ3n) is 6.59. The molecule has 2 saturated heterocycles. The van der Waals surface area contributed by atoms with E-state index in [9.17, 15) is 14.4 Å². The summed E-state index contributed by atoms with van der Waals surface area (Å²) in [6.45, 7) is 3.06. The molecule has 0 N–H and O–H groups in total. The normalized spacial score (nSPS) is 20.8. The zero-order valence-electron chi connectivity index (χ0n) is 19.3. The van der Waals surface area contributed by atoms with Gasteiger partial charge < -0.3 is 14.5 Å². The Morgan fingerprint density at radius 3 is 2.47 bits per heavy atom. The first-order valence-electron chi connectivity index (χ1n) is 11.5. The van der Waals surface area contributed by atoms with Crippen molar-refractivity contribution < 1.29 is 19.1 Å². The van der Waals surface area contributed by atoms with Gasteiger partial charge >= 0.3 is 0 Å². The number of carbonyl (C=O) groups excluding carboxylic acids is 3. The van der Waals surface area contributed by atoms with E-state index in [1.54, 1.807) is 24.3 Å². The summed E-state index contributed by atoms with van der Waals surface area (Å²) in [6, 6.07) is 12.9. The molecule has 0 radical (unpaired) electrons. The van der Waals surface area contributed by atoms with Crippen molar-refractivity contribution in [2.24, 2.45) is 0 Å². The van der Waals surface area contributed by atoms with Crippen LogP contribution < -0.4 is 4.90 Å². The lowest BCUT2D eigenvalue weighted by molar-refractivity contribution is -0.143. The van der Waals surface area contributed by atoms with Gasteiger partial charge in [0.25, 0.3) is 0 Å². The maximum atomic E-state index is 13.6. The van der Waals surface area contributed by atoms with Crippen molar-refractivity contribution in [1.82, 2.24) is 14.8 Å². The third kappa shape index (κ3) is 4.93. The molecule has 1 atom stereocenters. The molecule has 0 saturated carbocycles. The number of piperazine rings is 1. The highest BCUT2D eigenvalue weighted by Crippen LogP contribution is 2.40. The molecule has 2 fully saturated rings. The fraction of sp³-hybridized carbons (Fsp3) is 0.440. The summed E-state index contributed by atoms with van der Waals surface area (Å²) in [6.07, 6.45) is 2.15. The molecule has 0 spiro atoms. The van der Waals surface area contributed by atoms with Gasteiger partial charge in [0, 0.05) is 65.5 Å². The topological polar surface area (TPSA) is 83.1 Å². The standard InChI is InChI=1S/C25H29ClN4O4/c1-34-15-5-10-30-23(32)17-25(24(30)33,19-6-3-2-4-7-19)16-22(31)29-13-11-28(12-14-29)21-9-8-20(26)18-27-21/h2-4,6-9,18H,5,10-17H2,1H3. The van der Waals surface area contributed by atoms with Crippen LogP contribution in [0.4, 0.5) is 5.82 Å². The van der Waals surface area contributed by atoms with E-state index in [0.717, 1.165) is 5.82 Å². The van der Waals surface area contributed by atoms with Crippen LogP contribution in [0.15, 0.2) is 48.7 Å². The number of nitrogens with zero attached hydrogens (tertiary/aromatic N) is 4. The smallest absolute Gasteiger partial charge is 0.240 e. The number of amides is 3. The molecule has 34 heavy (non-hydrogen) atoms. The molecule has 3 heterocycles. The summed E-state index contributed by atoms with van der Waals surface area (Å²) < 4.78 is 5.07. The van der Waals surface area contributed by atoms with Crippen molar-refractivity contribution in [1.29, 1.82) is 0 Å². The minimum absolute atomic E-state index is 0.00320. The number of pyridine rings is 1. The summed E-state index contributed by atoms with van der Waals surface area (Å²) in [5.74, 6) is 0.168. The zero-order chi connectivity index (χ0) is 24.1. The van der Waals surface area contributed by atoms with E-state index in [2.05, 4.69) is 9.88 Å². The molecular weight excluding hydrogens is 456 g/mol. The first-order valence-corrected chi connectivity index (χ1v) is 11.9. The van der Waals surface area contributed by atoms with Crippen molar-refractivity contribution >= 4 is 35.1 Å². The number of ether oxygens (including phenoxy) is 1. The van der Waals surface area contributed by atoms with Crippen LogP contribution in [0.1, 0.15) is 24.8 Å². The van der Waals surface area contributed by atoms with E-state index in [4.69, 9.17) is 16.3 Å². The number of hydrogen-bond acceptors (Lipinski definition) is 6. The molecule has 2 aliphatic heterocycles. The van der Waals surface area contributed by atoms with Gasteiger partial charge in [0.1, 0.15) is 5.82 Å². The van der Waals surface area contributed by atoms with E-state index < -0.39 is 5.41 Å². The highest BCUT2D eigenvalue weighted by Gasteiger charge is 2.53. The van der Waals surface area contributed by atoms with Gasteiger partial charge in [-0.15, -0.1) is 0 Å². The number of likely N-dealkylation sites (tertiary alicyclic amines) is 1. The molecule has 3 amide bonds. The van der Waals surface area contributed by atoms with Crippen molar-refractivity contribution in [3.05, 3.63) is 59.2 Å². The predicted octanol–water partition coefficient (Wildman–Crippen LogP) is 2.51. The van der Waals surface area contributed by atoms with Crippen LogP contribution in [0.5, 0.6) is 0 Å². The first kappa shape index (κ1) is 24.2. The minimum Gasteiger partial charge on any atom is -0.385 e. The lowest BCUT2D eigenvalue weighted by atomic mass is 9.75. The fourth-order valence-electron chi connectivity index (χ4n) is 4.73. The Morgan fingerprint density at radius 1 is 1.09 bits per heavy atom. The van der Waals surface area contributed by atoms with Crippen LogP contribution in [-0.2, 0) is 24.5 Å². The van der Waals surface area contributed by atoms with E-state index >= 15 is 0 Å². The Labute approximate surface area is 204 Å². The van der Waals surface area contributed by atoms with Crippen LogP contribution in [0.25, 0.3) is 0 Å². The van der Waals surface area contributed by atoms with E-state index in [1.165, 1.54) is 4.90 Å². The van der Waals surface area contributed by atoms with Gasteiger partial charge in [0.15, 0.2) is 0 Å². The van der Waals surface area contributed by atoms with Crippen LogP contribution in [0.3, 0.4) is 0 Å². The first-order chi connectivity index (χ1) is 16.4. The average molecular weight is 485 g/mol. The quantitative estimate of drug-likeness (QED) is 0.423. The van der Waals surface area contributed by atoms with Crippen LogP contribution in [0, 0.1) is 0 Å². The lowest BCUT2D eigenvalue weighted by Crippen LogP contribution is -2.51. The molecule has 1 aromatic carbocycles. The van der Waals surface area contributed by atoms with Gasteiger partial charge in [-0.1, -0.05) is 41.9 Å². The van der Waals surface area contributed by atoms with Crippen molar-refractivity contribution in [3.8, 4) is 0 Å². The monoisotopic (exact) mass is 484 g/mol. The van der Waals surface area contributed by atoms with Gasteiger partial charge in [0.05, 0.1) is 10.4 Å². The predicted molar refractivity (Wildman–Crippen MR) is 129 cm³/mol. The summed E-state index contributed by atoms with van der Waals surface area (Å²) in [5.41, 5.74) is -0.461. The Kier molecular flexibility index (Phi) is 7.48. The van der Waals surface area contributed by atoms with E-state index in [1.807, 2.05) is 36.4 Å². The van der Waals surface area contributed by atoms with Gasteiger partial charge in [-0.05, 0) is 24.1 Å². The Morgan fingerprint density at radius 2 is 1.82 bits per heavy atom. The molecule has 1 unspecified atom stereocenters. The highest BCUT2D eigenvalue weighted by atomic mass is 35.5. The SMILES string of the molecule is COCCCN1C(=O)CC(CC(=O)N2CCN(c3ccc(Cl)cn3)CC2)(c2ccccc2)C1=O. The second kappa shape index (κ2) is 10.5. The average Bonchev–Trinajstić information content (AvgIpc) is 3.10. The van der Waals surface area contributed by atoms with Crippen LogP contribution >= 0.6 is 11.6 Å². The Hall–Kier alpha value is -2.97. The van der Waals surface area contributed by atoms with Crippen LogP contribution in [0.2, 0.25) is 5.02 Å². The molecule has 2 aliphatic rings. The molecule has 9 heteroatoms. The minimum atomic E-state index is -1.17. The molecule has 4 rings (SSSR count). The molecule has 0 bridgehead atoms. The van der Waals surface area contributed by atoms with Crippen molar-refractivity contribution in [2.75, 3.05) is 51.3 Å². The summed E-state index contributed by atoms with van der Waals surface area (Å²) in [4.78, 5) is 49.4. The molecule has 8 nitrogen and oxygen atoms in total. The van der Waals surface area contributed by atoms with Crippen LogP contribution in [-0.4, -0.2) is 78.9 Å². The fourth-order valence-corrected chi connectivity index (χ4v) is 4.84. The van der Waals surface area contributed by atoms with Gasteiger partial charge in [-0.3, -0.25) is 19.3 Å². The number of imide groups is 1. The molecule has 1 aromatic heterocycles. The Bertz CT molecular complexity index is 1020. The number of halogens is 1. The molecule has 2 aromatic rings. The number of aromatic nitrogens is 1. The largest absolute Gasteiger partial charge is 0.385 e. The maximum absolute atomic E-state index is 13.6. The van der Waals surface area contributed by atoms with Gasteiger partial charge in [-0.25, -0.2) is 4.98 Å². The number of anilines is 1. The van der Waals surface area contributed by atoms with E-state index in [0.29, 0.717) is 56.3 Å². The maximum Gasteiger partial charge on any atom is 0.240 e. The highest BCUT2D eigenvalue weighted by molar-refractivity contribution is 6.30. The molecule has 180 valence electrons. The second-order valence-corrected chi connectivity index (χ2v) is 9.14. The number of hydrogen-bond donors (Lipinski definition) is 0.